The molecular formula is C15H14N2O4. The number of carboxylic acid groups (broad SMARTS) is 1. The molecule has 1 N–H and O–H groups in total. The van der Waals surface area contributed by atoms with Gasteiger partial charge >= 0.3 is 5.97 Å². The van der Waals surface area contributed by atoms with Gasteiger partial charge in [-0.2, -0.15) is 0 Å². The number of benzene rings is 1. The van der Waals surface area contributed by atoms with E-state index in [4.69, 9.17) is 4.52 Å². The number of hydrogen-bond donors (Lipinski definition) is 1. The Morgan fingerprint density at radius 3 is 2.67 bits per heavy atom. The molecule has 1 unspecified atom stereocenters. The number of carboxylic acids is 1. The van der Waals surface area contributed by atoms with Gasteiger partial charge in [-0.25, -0.2) is 4.79 Å². The van der Waals surface area contributed by atoms with Crippen LogP contribution in [-0.2, 0) is 11.2 Å². The Balaban J connectivity index is 2.10. The number of aromatic nitrogens is 1. The third-order valence-electron chi connectivity index (χ3n) is 3.73. The molecule has 1 aliphatic rings. The molecule has 1 atom stereocenters. The molecule has 0 radical (unpaired) electrons. The lowest BCUT2D eigenvalue weighted by molar-refractivity contribution is -0.138. The molecule has 6 heteroatoms. The first kappa shape index (κ1) is 13.4. The molecule has 0 saturated carbocycles. The first-order valence-electron chi connectivity index (χ1n) is 6.58. The van der Waals surface area contributed by atoms with Crippen LogP contribution in [0.2, 0.25) is 0 Å². The Hall–Kier alpha value is -2.63. The molecule has 0 spiro atoms. The molecule has 1 amide bonds. The average molecular weight is 286 g/mol. The molecule has 1 aliphatic heterocycles. The molecule has 1 aromatic carbocycles. The van der Waals surface area contributed by atoms with Crippen molar-refractivity contribution in [3.05, 3.63) is 46.8 Å². The highest BCUT2D eigenvalue weighted by molar-refractivity contribution is 6.11. The highest BCUT2D eigenvalue weighted by Gasteiger charge is 2.40. The SMILES string of the molecule is Cc1noc(C)c1C(=O)N1c2ccccc2CC1C(=O)O. The number of aliphatic carboxylic acids is 1. The maximum absolute atomic E-state index is 12.8. The molecule has 0 bridgehead atoms. The maximum Gasteiger partial charge on any atom is 0.327 e. The summed E-state index contributed by atoms with van der Waals surface area (Å²) in [5, 5.41) is 13.2. The van der Waals surface area contributed by atoms with E-state index in [-0.39, 0.29) is 5.91 Å². The minimum atomic E-state index is -1.02. The summed E-state index contributed by atoms with van der Waals surface area (Å²) < 4.78 is 5.01. The largest absolute Gasteiger partial charge is 0.480 e. The van der Waals surface area contributed by atoms with E-state index in [9.17, 15) is 14.7 Å². The summed E-state index contributed by atoms with van der Waals surface area (Å²) >= 11 is 0. The van der Waals surface area contributed by atoms with E-state index in [1.807, 2.05) is 12.1 Å². The van der Waals surface area contributed by atoms with Crippen LogP contribution < -0.4 is 4.90 Å². The molecular weight excluding hydrogens is 272 g/mol. The summed E-state index contributed by atoms with van der Waals surface area (Å²) in [4.78, 5) is 25.6. The van der Waals surface area contributed by atoms with Gasteiger partial charge in [-0.15, -0.1) is 0 Å². The van der Waals surface area contributed by atoms with Crippen molar-refractivity contribution < 1.29 is 19.2 Å². The van der Waals surface area contributed by atoms with E-state index in [2.05, 4.69) is 5.16 Å². The van der Waals surface area contributed by atoms with Gasteiger partial charge in [0.25, 0.3) is 5.91 Å². The number of nitrogens with zero attached hydrogens (tertiary/aromatic N) is 2. The zero-order valence-corrected chi connectivity index (χ0v) is 11.7. The van der Waals surface area contributed by atoms with E-state index in [1.54, 1.807) is 26.0 Å². The predicted molar refractivity (Wildman–Crippen MR) is 74.4 cm³/mol. The lowest BCUT2D eigenvalue weighted by atomic mass is 10.1. The number of para-hydroxylation sites is 1. The molecule has 21 heavy (non-hydrogen) atoms. The number of aryl methyl sites for hydroxylation is 2. The fourth-order valence-electron chi connectivity index (χ4n) is 2.74. The van der Waals surface area contributed by atoms with Crippen LogP contribution in [0.1, 0.15) is 27.4 Å². The lowest BCUT2D eigenvalue weighted by Gasteiger charge is -2.22. The third kappa shape index (κ3) is 1.99. The van der Waals surface area contributed by atoms with Crippen molar-refractivity contribution >= 4 is 17.6 Å². The Bertz CT molecular complexity index is 716. The summed E-state index contributed by atoms with van der Waals surface area (Å²) in [6, 6.07) is 6.32. The standard InChI is InChI=1S/C15H14N2O4/c1-8-13(9(2)21-16-8)14(18)17-11-6-4-3-5-10(11)7-12(17)15(19)20/h3-6,12H,7H2,1-2H3,(H,19,20). The third-order valence-corrected chi connectivity index (χ3v) is 3.73. The minimum absolute atomic E-state index is 0.306. The molecule has 108 valence electrons. The Morgan fingerprint density at radius 1 is 1.33 bits per heavy atom. The highest BCUT2D eigenvalue weighted by atomic mass is 16.5. The van der Waals surface area contributed by atoms with Crippen molar-refractivity contribution in [3.63, 3.8) is 0 Å². The van der Waals surface area contributed by atoms with E-state index in [0.717, 1.165) is 5.56 Å². The highest BCUT2D eigenvalue weighted by Crippen LogP contribution is 2.34. The zero-order valence-electron chi connectivity index (χ0n) is 11.7. The number of rotatable bonds is 2. The quantitative estimate of drug-likeness (QED) is 0.912. The van der Waals surface area contributed by atoms with Crippen LogP contribution in [0.4, 0.5) is 5.69 Å². The van der Waals surface area contributed by atoms with Crippen LogP contribution >= 0.6 is 0 Å². The van der Waals surface area contributed by atoms with Crippen molar-refractivity contribution in [2.24, 2.45) is 0 Å². The fraction of sp³-hybridized carbons (Fsp3) is 0.267. The molecule has 2 heterocycles. The molecule has 6 nitrogen and oxygen atoms in total. The first-order valence-corrected chi connectivity index (χ1v) is 6.58. The number of carbonyl (C=O) groups excluding carboxylic acids is 1. The minimum Gasteiger partial charge on any atom is -0.480 e. The normalized spacial score (nSPS) is 16.9. The number of hydrogen-bond acceptors (Lipinski definition) is 4. The number of carbonyl (C=O) groups is 2. The van der Waals surface area contributed by atoms with Crippen molar-refractivity contribution in [1.29, 1.82) is 0 Å². The molecule has 2 aromatic rings. The van der Waals surface area contributed by atoms with Crippen molar-refractivity contribution in [2.45, 2.75) is 26.3 Å². The number of anilines is 1. The molecule has 3 rings (SSSR count). The van der Waals surface area contributed by atoms with Crippen LogP contribution in [0, 0.1) is 13.8 Å². The van der Waals surface area contributed by atoms with Crippen LogP contribution in [0.25, 0.3) is 0 Å². The van der Waals surface area contributed by atoms with Crippen LogP contribution in [0.3, 0.4) is 0 Å². The Labute approximate surface area is 121 Å². The summed E-state index contributed by atoms with van der Waals surface area (Å²) in [7, 11) is 0. The van der Waals surface area contributed by atoms with Gasteiger partial charge in [0.2, 0.25) is 0 Å². The Morgan fingerprint density at radius 2 is 2.05 bits per heavy atom. The molecule has 1 aromatic heterocycles. The monoisotopic (exact) mass is 286 g/mol. The zero-order chi connectivity index (χ0) is 15.1. The van der Waals surface area contributed by atoms with Crippen molar-refractivity contribution in [2.75, 3.05) is 4.90 Å². The second kappa shape index (κ2) is 4.73. The lowest BCUT2D eigenvalue weighted by Crippen LogP contribution is -2.43. The summed E-state index contributed by atoms with van der Waals surface area (Å²) in [6.45, 7) is 3.31. The molecule has 0 fully saturated rings. The van der Waals surface area contributed by atoms with E-state index >= 15 is 0 Å². The molecule has 0 saturated heterocycles. The first-order chi connectivity index (χ1) is 10.0. The number of amides is 1. The van der Waals surface area contributed by atoms with Gasteiger partial charge in [-0.3, -0.25) is 9.69 Å². The van der Waals surface area contributed by atoms with E-state index in [0.29, 0.717) is 29.1 Å². The van der Waals surface area contributed by atoms with Gasteiger partial charge in [0.05, 0.1) is 5.69 Å². The molecule has 0 aliphatic carbocycles. The summed E-state index contributed by atoms with van der Waals surface area (Å²) in [5.41, 5.74) is 2.28. The smallest absolute Gasteiger partial charge is 0.327 e. The van der Waals surface area contributed by atoms with Gasteiger partial charge in [-0.05, 0) is 25.5 Å². The van der Waals surface area contributed by atoms with Gasteiger partial charge in [0.15, 0.2) is 0 Å². The van der Waals surface area contributed by atoms with Crippen LogP contribution in [0.15, 0.2) is 28.8 Å². The summed E-state index contributed by atoms with van der Waals surface area (Å²) in [6.07, 6.45) is 0.306. The Kier molecular flexibility index (Phi) is 3.01. The van der Waals surface area contributed by atoms with E-state index < -0.39 is 12.0 Å². The van der Waals surface area contributed by atoms with Gasteiger partial charge in [-0.1, -0.05) is 23.4 Å². The van der Waals surface area contributed by atoms with Crippen LogP contribution in [0.5, 0.6) is 0 Å². The van der Waals surface area contributed by atoms with Gasteiger partial charge < -0.3 is 9.63 Å². The average Bonchev–Trinajstić information content (AvgIpc) is 2.99. The second-order valence-corrected chi connectivity index (χ2v) is 5.06. The van der Waals surface area contributed by atoms with Crippen molar-refractivity contribution in [3.8, 4) is 0 Å². The van der Waals surface area contributed by atoms with E-state index in [1.165, 1.54) is 4.90 Å². The maximum atomic E-state index is 12.8. The fourth-order valence-corrected chi connectivity index (χ4v) is 2.74. The topological polar surface area (TPSA) is 83.6 Å². The van der Waals surface area contributed by atoms with Crippen molar-refractivity contribution in [1.82, 2.24) is 5.16 Å². The van der Waals surface area contributed by atoms with Gasteiger partial charge in [0, 0.05) is 12.1 Å². The van der Waals surface area contributed by atoms with Gasteiger partial charge in [0.1, 0.15) is 17.4 Å². The van der Waals surface area contributed by atoms with Crippen LogP contribution in [-0.4, -0.2) is 28.2 Å². The summed E-state index contributed by atoms with van der Waals surface area (Å²) in [5.74, 6) is -1.01. The number of fused-ring (bicyclic) bond motifs is 1. The second-order valence-electron chi connectivity index (χ2n) is 5.06. The predicted octanol–water partition coefficient (Wildman–Crippen LogP) is 1.95.